The number of amides is 1. The molecule has 0 bridgehead atoms. The fraction of sp³-hybridized carbons (Fsp3) is 0.200. The van der Waals surface area contributed by atoms with E-state index in [1.54, 1.807) is 23.0 Å². The molecule has 3 aromatic rings. The van der Waals surface area contributed by atoms with Crippen LogP contribution in [0.3, 0.4) is 0 Å². The molecule has 4 rings (SSSR count). The zero-order chi connectivity index (χ0) is 18.1. The van der Waals surface area contributed by atoms with E-state index in [4.69, 9.17) is 4.74 Å². The number of carbonyl (C=O) groups is 1. The topological polar surface area (TPSA) is 56.2 Å². The largest absolute Gasteiger partial charge is 0.489 e. The van der Waals surface area contributed by atoms with Gasteiger partial charge in [-0.1, -0.05) is 24.3 Å². The minimum absolute atomic E-state index is 0.0114. The standard InChI is InChI=1S/C20H18FN3O2/c1-24-20-18(11-22-24)17(10-19(25)23-20)14-4-8-16(9-5-14)26-12-13-2-6-15(21)7-3-13/h2-9,11,17H,10,12H2,1H3,(H,23,25). The van der Waals surface area contributed by atoms with Crippen LogP contribution in [-0.2, 0) is 18.4 Å². The summed E-state index contributed by atoms with van der Waals surface area (Å²) < 4.78 is 20.4. The number of rotatable bonds is 4. The number of anilines is 1. The quantitative estimate of drug-likeness (QED) is 0.781. The lowest BCUT2D eigenvalue weighted by atomic mass is 9.87. The minimum Gasteiger partial charge on any atom is -0.489 e. The summed E-state index contributed by atoms with van der Waals surface area (Å²) >= 11 is 0. The van der Waals surface area contributed by atoms with Gasteiger partial charge in [0.05, 0.1) is 6.20 Å². The molecule has 1 N–H and O–H groups in total. The van der Waals surface area contributed by atoms with Gasteiger partial charge in [-0.25, -0.2) is 4.39 Å². The highest BCUT2D eigenvalue weighted by Crippen LogP contribution is 2.37. The van der Waals surface area contributed by atoms with Crippen LogP contribution in [0.15, 0.2) is 54.7 Å². The lowest BCUT2D eigenvalue weighted by molar-refractivity contribution is -0.116. The van der Waals surface area contributed by atoms with E-state index in [2.05, 4.69) is 10.4 Å². The van der Waals surface area contributed by atoms with E-state index >= 15 is 0 Å². The Morgan fingerprint density at radius 1 is 1.19 bits per heavy atom. The summed E-state index contributed by atoms with van der Waals surface area (Å²) in [4.78, 5) is 12.0. The summed E-state index contributed by atoms with van der Waals surface area (Å²) in [6.07, 6.45) is 2.20. The van der Waals surface area contributed by atoms with Crippen molar-refractivity contribution in [1.82, 2.24) is 9.78 Å². The number of ether oxygens (including phenoxy) is 1. The Morgan fingerprint density at radius 3 is 2.65 bits per heavy atom. The molecule has 0 saturated heterocycles. The van der Waals surface area contributed by atoms with Crippen molar-refractivity contribution < 1.29 is 13.9 Å². The Kier molecular flexibility index (Phi) is 4.16. The summed E-state index contributed by atoms with van der Waals surface area (Å²) in [5.74, 6) is 1.19. The number of carbonyl (C=O) groups excluding carboxylic acids is 1. The molecular formula is C20H18FN3O2. The van der Waals surface area contributed by atoms with E-state index in [1.807, 2.05) is 31.3 Å². The smallest absolute Gasteiger partial charge is 0.226 e. The Labute approximate surface area is 150 Å². The highest BCUT2D eigenvalue weighted by molar-refractivity contribution is 5.94. The van der Waals surface area contributed by atoms with Gasteiger partial charge in [0.15, 0.2) is 0 Å². The van der Waals surface area contributed by atoms with Crippen molar-refractivity contribution in [2.75, 3.05) is 5.32 Å². The van der Waals surface area contributed by atoms with Crippen LogP contribution in [0.25, 0.3) is 0 Å². The van der Waals surface area contributed by atoms with E-state index in [0.29, 0.717) is 13.0 Å². The van der Waals surface area contributed by atoms with Crippen LogP contribution in [0.5, 0.6) is 5.75 Å². The fourth-order valence-electron chi connectivity index (χ4n) is 3.18. The van der Waals surface area contributed by atoms with Gasteiger partial charge in [-0.3, -0.25) is 9.48 Å². The van der Waals surface area contributed by atoms with E-state index in [0.717, 1.165) is 28.3 Å². The van der Waals surface area contributed by atoms with Gasteiger partial charge in [-0.05, 0) is 35.4 Å². The van der Waals surface area contributed by atoms with E-state index in [1.165, 1.54) is 12.1 Å². The molecule has 0 saturated carbocycles. The molecule has 0 radical (unpaired) electrons. The summed E-state index contributed by atoms with van der Waals surface area (Å²) in [6, 6.07) is 14.0. The summed E-state index contributed by atoms with van der Waals surface area (Å²) in [5.41, 5.74) is 2.97. The molecule has 1 unspecified atom stereocenters. The average molecular weight is 351 g/mol. The van der Waals surface area contributed by atoms with E-state index in [9.17, 15) is 9.18 Å². The molecular weight excluding hydrogens is 333 g/mol. The van der Waals surface area contributed by atoms with Crippen LogP contribution >= 0.6 is 0 Å². The number of nitrogens with zero attached hydrogens (tertiary/aromatic N) is 2. The van der Waals surface area contributed by atoms with Crippen LogP contribution in [0.1, 0.15) is 29.0 Å². The van der Waals surface area contributed by atoms with Gasteiger partial charge in [-0.15, -0.1) is 0 Å². The number of aryl methyl sites for hydroxylation is 1. The first kappa shape index (κ1) is 16.3. The zero-order valence-corrected chi connectivity index (χ0v) is 14.3. The van der Waals surface area contributed by atoms with Gasteiger partial charge >= 0.3 is 0 Å². The molecule has 6 heteroatoms. The van der Waals surface area contributed by atoms with Crippen LogP contribution in [0.2, 0.25) is 0 Å². The first-order valence-corrected chi connectivity index (χ1v) is 8.39. The van der Waals surface area contributed by atoms with Crippen molar-refractivity contribution >= 4 is 11.7 Å². The first-order chi connectivity index (χ1) is 12.6. The van der Waals surface area contributed by atoms with Gasteiger partial charge in [0, 0.05) is 24.9 Å². The molecule has 1 amide bonds. The lowest BCUT2D eigenvalue weighted by Gasteiger charge is -2.23. The van der Waals surface area contributed by atoms with Crippen LogP contribution in [0.4, 0.5) is 10.2 Å². The molecule has 1 aromatic heterocycles. The average Bonchev–Trinajstić information content (AvgIpc) is 3.02. The highest BCUT2D eigenvalue weighted by atomic mass is 19.1. The molecule has 0 aliphatic carbocycles. The van der Waals surface area contributed by atoms with Crippen molar-refractivity contribution in [2.24, 2.45) is 7.05 Å². The normalized spacial score (nSPS) is 16.1. The second-order valence-corrected chi connectivity index (χ2v) is 6.36. The lowest BCUT2D eigenvalue weighted by Crippen LogP contribution is -2.24. The number of fused-ring (bicyclic) bond motifs is 1. The molecule has 0 spiro atoms. The second-order valence-electron chi connectivity index (χ2n) is 6.36. The third-order valence-corrected chi connectivity index (χ3v) is 4.59. The molecule has 5 nitrogen and oxygen atoms in total. The van der Waals surface area contributed by atoms with Gasteiger partial charge in [0.25, 0.3) is 0 Å². The molecule has 1 aliphatic rings. The van der Waals surface area contributed by atoms with Crippen molar-refractivity contribution in [3.63, 3.8) is 0 Å². The maximum atomic E-state index is 12.9. The molecule has 132 valence electrons. The zero-order valence-electron chi connectivity index (χ0n) is 14.3. The number of benzene rings is 2. The maximum absolute atomic E-state index is 12.9. The number of nitrogens with one attached hydrogen (secondary N) is 1. The Balaban J connectivity index is 1.49. The first-order valence-electron chi connectivity index (χ1n) is 8.39. The van der Waals surface area contributed by atoms with Crippen molar-refractivity contribution in [1.29, 1.82) is 0 Å². The molecule has 26 heavy (non-hydrogen) atoms. The monoisotopic (exact) mass is 351 g/mol. The van der Waals surface area contributed by atoms with Crippen molar-refractivity contribution in [2.45, 2.75) is 18.9 Å². The van der Waals surface area contributed by atoms with E-state index in [-0.39, 0.29) is 17.6 Å². The summed E-state index contributed by atoms with van der Waals surface area (Å²) in [6.45, 7) is 0.373. The second kappa shape index (κ2) is 6.63. The van der Waals surface area contributed by atoms with Gasteiger partial charge < -0.3 is 10.1 Å². The third-order valence-electron chi connectivity index (χ3n) is 4.59. The maximum Gasteiger partial charge on any atom is 0.226 e. The van der Waals surface area contributed by atoms with Crippen LogP contribution in [-0.4, -0.2) is 15.7 Å². The highest BCUT2D eigenvalue weighted by Gasteiger charge is 2.29. The van der Waals surface area contributed by atoms with E-state index < -0.39 is 0 Å². The van der Waals surface area contributed by atoms with Crippen LogP contribution in [0, 0.1) is 5.82 Å². The molecule has 2 aromatic carbocycles. The minimum atomic E-state index is -0.260. The predicted molar refractivity (Wildman–Crippen MR) is 95.5 cm³/mol. The SMILES string of the molecule is Cn1ncc2c1NC(=O)CC2c1ccc(OCc2ccc(F)cc2)cc1. The van der Waals surface area contributed by atoms with Gasteiger partial charge in [0.2, 0.25) is 5.91 Å². The fourth-order valence-corrected chi connectivity index (χ4v) is 3.18. The number of aromatic nitrogens is 2. The summed E-state index contributed by atoms with van der Waals surface area (Å²) in [7, 11) is 1.81. The van der Waals surface area contributed by atoms with Gasteiger partial charge in [-0.2, -0.15) is 5.10 Å². The molecule has 0 fully saturated rings. The predicted octanol–water partition coefficient (Wildman–Crippen LogP) is 3.61. The number of hydrogen-bond donors (Lipinski definition) is 1. The van der Waals surface area contributed by atoms with Crippen molar-refractivity contribution in [3.8, 4) is 5.75 Å². The Bertz CT molecular complexity index is 933. The van der Waals surface area contributed by atoms with Crippen LogP contribution < -0.4 is 10.1 Å². The number of hydrogen-bond acceptors (Lipinski definition) is 3. The number of halogens is 1. The van der Waals surface area contributed by atoms with Crippen molar-refractivity contribution in [3.05, 3.63) is 77.2 Å². The molecule has 1 atom stereocenters. The Morgan fingerprint density at radius 2 is 1.92 bits per heavy atom. The van der Waals surface area contributed by atoms with Gasteiger partial charge in [0.1, 0.15) is 24.0 Å². The summed E-state index contributed by atoms with van der Waals surface area (Å²) in [5, 5.41) is 7.12. The Hall–Kier alpha value is -3.15. The molecule has 2 heterocycles. The molecule has 1 aliphatic heterocycles. The third kappa shape index (κ3) is 3.18.